The van der Waals surface area contributed by atoms with Gasteiger partial charge in [0, 0.05) is 38.3 Å². The number of non-ortho nitro benzene ring substituents is 1. The van der Waals surface area contributed by atoms with Crippen molar-refractivity contribution in [1.82, 2.24) is 14.9 Å². The molecule has 110 valence electrons. The molecule has 1 aromatic carbocycles. The molecule has 3 rings (SSSR count). The third kappa shape index (κ3) is 2.74. The second kappa shape index (κ2) is 5.42. The van der Waals surface area contributed by atoms with Gasteiger partial charge in [0.05, 0.1) is 16.0 Å². The number of fused-ring (bicyclic) bond motifs is 1. The molecule has 1 saturated heterocycles. The molecule has 1 aromatic heterocycles. The lowest BCUT2D eigenvalue weighted by atomic mass is 10.2. The van der Waals surface area contributed by atoms with Crippen molar-refractivity contribution in [2.45, 2.75) is 0 Å². The number of nitro benzene ring substituents is 1. The van der Waals surface area contributed by atoms with Crippen LogP contribution in [0, 0.1) is 10.1 Å². The number of rotatable bonds is 2. The molecule has 0 unspecified atom stereocenters. The first-order valence-corrected chi connectivity index (χ1v) is 6.97. The number of piperazine rings is 1. The topological polar surface area (TPSA) is 75.4 Å². The lowest BCUT2D eigenvalue weighted by molar-refractivity contribution is -0.384. The van der Waals surface area contributed by atoms with E-state index in [2.05, 4.69) is 26.8 Å². The normalized spacial score (nSPS) is 16.4. The number of nitro groups is 1. The predicted molar refractivity (Wildman–Crippen MR) is 80.9 cm³/mol. The van der Waals surface area contributed by atoms with E-state index in [1.54, 1.807) is 6.07 Å². The van der Waals surface area contributed by atoms with E-state index in [1.165, 1.54) is 12.1 Å². The fraction of sp³-hybridized carbons (Fsp3) is 0.385. The zero-order valence-electron chi connectivity index (χ0n) is 11.5. The SMILES string of the molecule is CN1CCN(c2nc3ccc([N+](=O)[O-])cc3nc2Cl)CC1. The number of benzene rings is 1. The van der Waals surface area contributed by atoms with Crippen LogP contribution >= 0.6 is 11.6 Å². The van der Waals surface area contributed by atoms with Crippen molar-refractivity contribution < 1.29 is 4.92 Å². The van der Waals surface area contributed by atoms with Gasteiger partial charge in [0.15, 0.2) is 11.0 Å². The third-order valence-corrected chi connectivity index (χ3v) is 3.86. The Kier molecular flexibility index (Phi) is 3.60. The van der Waals surface area contributed by atoms with Crippen molar-refractivity contribution in [2.24, 2.45) is 0 Å². The van der Waals surface area contributed by atoms with Gasteiger partial charge in [-0.15, -0.1) is 0 Å². The molecule has 0 radical (unpaired) electrons. The highest BCUT2D eigenvalue weighted by Crippen LogP contribution is 2.27. The summed E-state index contributed by atoms with van der Waals surface area (Å²) in [6.45, 7) is 3.55. The van der Waals surface area contributed by atoms with Crippen LogP contribution in [0.15, 0.2) is 18.2 Å². The largest absolute Gasteiger partial charge is 0.351 e. The van der Waals surface area contributed by atoms with Gasteiger partial charge in [-0.1, -0.05) is 11.6 Å². The second-order valence-electron chi connectivity index (χ2n) is 5.06. The molecule has 1 aliphatic rings. The van der Waals surface area contributed by atoms with E-state index in [-0.39, 0.29) is 10.8 Å². The summed E-state index contributed by atoms with van der Waals surface area (Å²) in [5.41, 5.74) is 1.03. The van der Waals surface area contributed by atoms with Crippen LogP contribution in [0.5, 0.6) is 0 Å². The molecule has 8 heteroatoms. The number of halogens is 1. The lowest BCUT2D eigenvalue weighted by Crippen LogP contribution is -2.45. The minimum Gasteiger partial charge on any atom is -0.351 e. The fourth-order valence-corrected chi connectivity index (χ4v) is 2.60. The molecule has 0 bridgehead atoms. The van der Waals surface area contributed by atoms with E-state index < -0.39 is 4.92 Å². The van der Waals surface area contributed by atoms with Gasteiger partial charge in [-0.25, -0.2) is 9.97 Å². The standard InChI is InChI=1S/C13H14ClN5O2/c1-17-4-6-18(7-5-17)13-12(14)15-11-8-9(19(20)21)2-3-10(11)16-13/h2-3,8H,4-7H2,1H3. The number of hydrogen-bond acceptors (Lipinski definition) is 6. The molecule has 0 aliphatic carbocycles. The molecule has 7 nitrogen and oxygen atoms in total. The minimum absolute atomic E-state index is 0.0137. The Morgan fingerprint density at radius 1 is 1.19 bits per heavy atom. The van der Waals surface area contributed by atoms with E-state index in [0.29, 0.717) is 16.9 Å². The molecule has 21 heavy (non-hydrogen) atoms. The Bertz CT molecular complexity index is 700. The highest BCUT2D eigenvalue weighted by molar-refractivity contribution is 6.32. The Morgan fingerprint density at radius 2 is 1.90 bits per heavy atom. The first-order valence-electron chi connectivity index (χ1n) is 6.60. The van der Waals surface area contributed by atoms with Crippen molar-refractivity contribution in [3.8, 4) is 0 Å². The fourth-order valence-electron chi connectivity index (χ4n) is 2.34. The van der Waals surface area contributed by atoms with Crippen LogP contribution in [0.25, 0.3) is 11.0 Å². The van der Waals surface area contributed by atoms with E-state index in [1.807, 2.05) is 0 Å². The quantitative estimate of drug-likeness (QED) is 0.623. The average Bonchev–Trinajstić information content (AvgIpc) is 2.47. The van der Waals surface area contributed by atoms with Gasteiger partial charge >= 0.3 is 0 Å². The summed E-state index contributed by atoms with van der Waals surface area (Å²) in [5, 5.41) is 11.1. The minimum atomic E-state index is -0.455. The molecular formula is C13H14ClN5O2. The summed E-state index contributed by atoms with van der Waals surface area (Å²) in [6, 6.07) is 4.43. The lowest BCUT2D eigenvalue weighted by Gasteiger charge is -2.33. The van der Waals surface area contributed by atoms with Gasteiger partial charge in [0.1, 0.15) is 0 Å². The molecule has 0 atom stereocenters. The van der Waals surface area contributed by atoms with Crippen molar-refractivity contribution in [2.75, 3.05) is 38.1 Å². The zero-order chi connectivity index (χ0) is 15.0. The first-order chi connectivity index (χ1) is 10.0. The van der Waals surface area contributed by atoms with Crippen LogP contribution in [0.1, 0.15) is 0 Å². The Morgan fingerprint density at radius 3 is 2.57 bits per heavy atom. The average molecular weight is 308 g/mol. The number of anilines is 1. The molecule has 1 fully saturated rings. The van der Waals surface area contributed by atoms with E-state index in [4.69, 9.17) is 11.6 Å². The van der Waals surface area contributed by atoms with Crippen molar-refractivity contribution in [1.29, 1.82) is 0 Å². The van der Waals surface area contributed by atoms with E-state index in [0.717, 1.165) is 26.2 Å². The van der Waals surface area contributed by atoms with E-state index >= 15 is 0 Å². The maximum Gasteiger partial charge on any atom is 0.271 e. The number of hydrogen-bond donors (Lipinski definition) is 0. The van der Waals surface area contributed by atoms with Gasteiger partial charge in [-0.05, 0) is 13.1 Å². The maximum atomic E-state index is 10.8. The number of aromatic nitrogens is 2. The number of nitrogens with zero attached hydrogens (tertiary/aromatic N) is 5. The molecule has 2 heterocycles. The molecule has 0 N–H and O–H groups in total. The highest BCUT2D eigenvalue weighted by atomic mass is 35.5. The van der Waals surface area contributed by atoms with Crippen molar-refractivity contribution in [3.63, 3.8) is 0 Å². The van der Waals surface area contributed by atoms with Crippen LogP contribution in [-0.4, -0.2) is 53.0 Å². The van der Waals surface area contributed by atoms with E-state index in [9.17, 15) is 10.1 Å². The van der Waals surface area contributed by atoms with Gasteiger partial charge in [-0.2, -0.15) is 0 Å². The smallest absolute Gasteiger partial charge is 0.271 e. The molecule has 0 saturated carbocycles. The monoisotopic (exact) mass is 307 g/mol. The molecule has 0 amide bonds. The number of likely N-dealkylation sites (N-methyl/N-ethyl adjacent to an activating group) is 1. The molecular weight excluding hydrogens is 294 g/mol. The van der Waals surface area contributed by atoms with Crippen molar-refractivity contribution in [3.05, 3.63) is 33.5 Å². The van der Waals surface area contributed by atoms with Gasteiger partial charge in [-0.3, -0.25) is 10.1 Å². The van der Waals surface area contributed by atoms with Crippen LogP contribution in [0.4, 0.5) is 11.5 Å². The Labute approximate surface area is 126 Å². The zero-order valence-corrected chi connectivity index (χ0v) is 12.2. The van der Waals surface area contributed by atoms with Crippen LogP contribution in [-0.2, 0) is 0 Å². The van der Waals surface area contributed by atoms with Gasteiger partial charge < -0.3 is 9.80 Å². The predicted octanol–water partition coefficient (Wildman–Crippen LogP) is 1.94. The maximum absolute atomic E-state index is 10.8. The molecule has 2 aromatic rings. The Hall–Kier alpha value is -1.99. The molecule has 1 aliphatic heterocycles. The summed E-state index contributed by atoms with van der Waals surface area (Å²) in [6.07, 6.45) is 0. The van der Waals surface area contributed by atoms with Crippen molar-refractivity contribution >= 4 is 34.1 Å². The highest BCUT2D eigenvalue weighted by Gasteiger charge is 2.20. The summed E-state index contributed by atoms with van der Waals surface area (Å²) >= 11 is 6.21. The third-order valence-electron chi connectivity index (χ3n) is 3.60. The first kappa shape index (κ1) is 14.0. The summed E-state index contributed by atoms with van der Waals surface area (Å²) < 4.78 is 0. The van der Waals surface area contributed by atoms with Gasteiger partial charge in [0.25, 0.3) is 5.69 Å². The van der Waals surface area contributed by atoms with Crippen LogP contribution in [0.2, 0.25) is 5.15 Å². The Balaban J connectivity index is 1.99. The van der Waals surface area contributed by atoms with Crippen LogP contribution in [0.3, 0.4) is 0 Å². The summed E-state index contributed by atoms with van der Waals surface area (Å²) in [7, 11) is 2.07. The summed E-state index contributed by atoms with van der Waals surface area (Å²) in [4.78, 5) is 23.4. The second-order valence-corrected chi connectivity index (χ2v) is 5.42. The molecule has 0 spiro atoms. The summed E-state index contributed by atoms with van der Waals surface area (Å²) in [5.74, 6) is 0.645. The van der Waals surface area contributed by atoms with Crippen LogP contribution < -0.4 is 4.90 Å². The van der Waals surface area contributed by atoms with Gasteiger partial charge in [0.2, 0.25) is 0 Å².